The number of rotatable bonds is 7. The minimum Gasteiger partial charge on any atom is -0.494 e. The number of likely N-dealkylation sites (N-methyl/N-ethyl adjacent to an activating group) is 1. The molecule has 0 amide bonds. The van der Waals surface area contributed by atoms with Crippen molar-refractivity contribution >= 4 is 11.0 Å². The Labute approximate surface area is 142 Å². The Morgan fingerprint density at radius 2 is 1.92 bits per heavy atom. The van der Waals surface area contributed by atoms with Gasteiger partial charge in [0.25, 0.3) is 0 Å². The first-order valence-corrected chi connectivity index (χ1v) is 8.35. The molecule has 1 aromatic heterocycles. The van der Waals surface area contributed by atoms with Gasteiger partial charge in [-0.25, -0.2) is 4.68 Å². The summed E-state index contributed by atoms with van der Waals surface area (Å²) in [6.45, 7) is 4.56. The molecular formula is C19H24N4O. The predicted molar refractivity (Wildman–Crippen MR) is 96.2 cm³/mol. The Balaban J connectivity index is 1.59. The SMILES string of the molecule is CCOc1ccc(CCN(C)Cc2cccc3c2nnn3C)cc1. The van der Waals surface area contributed by atoms with Crippen LogP contribution in [0, 0.1) is 0 Å². The Hall–Kier alpha value is -2.40. The normalized spacial score (nSPS) is 11.3. The molecule has 0 atom stereocenters. The fourth-order valence-corrected chi connectivity index (χ4v) is 2.85. The Kier molecular flexibility index (Phi) is 5.11. The van der Waals surface area contributed by atoms with Gasteiger partial charge in [0.15, 0.2) is 0 Å². The number of aromatic nitrogens is 3. The molecule has 0 aliphatic heterocycles. The van der Waals surface area contributed by atoms with Crippen LogP contribution in [0.4, 0.5) is 0 Å². The van der Waals surface area contributed by atoms with Gasteiger partial charge in [0, 0.05) is 20.1 Å². The first-order valence-electron chi connectivity index (χ1n) is 8.35. The highest BCUT2D eigenvalue weighted by molar-refractivity contribution is 5.77. The summed E-state index contributed by atoms with van der Waals surface area (Å²) in [6, 6.07) is 14.6. The van der Waals surface area contributed by atoms with E-state index in [9.17, 15) is 0 Å². The van der Waals surface area contributed by atoms with Gasteiger partial charge in [0.05, 0.1) is 12.1 Å². The molecule has 0 radical (unpaired) electrons. The van der Waals surface area contributed by atoms with Gasteiger partial charge in [0.1, 0.15) is 11.3 Å². The smallest absolute Gasteiger partial charge is 0.119 e. The largest absolute Gasteiger partial charge is 0.494 e. The second-order valence-corrected chi connectivity index (χ2v) is 6.06. The van der Waals surface area contributed by atoms with Crippen LogP contribution < -0.4 is 4.74 Å². The summed E-state index contributed by atoms with van der Waals surface area (Å²) in [6.07, 6.45) is 1.01. The maximum atomic E-state index is 5.48. The summed E-state index contributed by atoms with van der Waals surface area (Å²) < 4.78 is 7.30. The van der Waals surface area contributed by atoms with E-state index in [1.165, 1.54) is 11.1 Å². The minimum atomic E-state index is 0.704. The number of benzene rings is 2. The van der Waals surface area contributed by atoms with Gasteiger partial charge in [-0.3, -0.25) is 0 Å². The van der Waals surface area contributed by atoms with Crippen LogP contribution in [0.25, 0.3) is 11.0 Å². The Morgan fingerprint density at radius 3 is 2.67 bits per heavy atom. The summed E-state index contributed by atoms with van der Waals surface area (Å²) in [5.41, 5.74) is 4.61. The van der Waals surface area contributed by atoms with Crippen LogP contribution >= 0.6 is 0 Å². The lowest BCUT2D eigenvalue weighted by atomic mass is 10.1. The van der Waals surface area contributed by atoms with Gasteiger partial charge in [-0.05, 0) is 49.7 Å². The predicted octanol–water partition coefficient (Wildman–Crippen LogP) is 3.04. The van der Waals surface area contributed by atoms with Crippen molar-refractivity contribution in [3.8, 4) is 5.75 Å². The van der Waals surface area contributed by atoms with E-state index in [-0.39, 0.29) is 0 Å². The molecule has 5 heteroatoms. The van der Waals surface area contributed by atoms with Crippen LogP contribution in [0.1, 0.15) is 18.1 Å². The van der Waals surface area contributed by atoms with Crippen LogP contribution in [0.2, 0.25) is 0 Å². The number of hydrogen-bond donors (Lipinski definition) is 0. The molecule has 0 aliphatic rings. The van der Waals surface area contributed by atoms with Crippen molar-refractivity contribution in [1.29, 1.82) is 0 Å². The molecule has 0 N–H and O–H groups in total. The molecule has 5 nitrogen and oxygen atoms in total. The summed E-state index contributed by atoms with van der Waals surface area (Å²) >= 11 is 0. The summed E-state index contributed by atoms with van der Waals surface area (Å²) in [5, 5.41) is 8.41. The number of fused-ring (bicyclic) bond motifs is 1. The van der Waals surface area contributed by atoms with Crippen molar-refractivity contribution in [2.75, 3.05) is 20.2 Å². The van der Waals surface area contributed by atoms with Crippen LogP contribution in [-0.2, 0) is 20.0 Å². The molecule has 0 spiro atoms. The van der Waals surface area contributed by atoms with Gasteiger partial charge in [-0.1, -0.05) is 29.5 Å². The van der Waals surface area contributed by atoms with Gasteiger partial charge in [0.2, 0.25) is 0 Å². The zero-order valence-corrected chi connectivity index (χ0v) is 14.6. The summed E-state index contributed by atoms with van der Waals surface area (Å²) in [7, 11) is 4.07. The van der Waals surface area contributed by atoms with E-state index in [0.717, 1.165) is 36.3 Å². The van der Waals surface area contributed by atoms with E-state index in [0.29, 0.717) is 6.61 Å². The van der Waals surface area contributed by atoms with Gasteiger partial charge in [-0.2, -0.15) is 0 Å². The number of ether oxygens (including phenoxy) is 1. The van der Waals surface area contributed by atoms with Crippen molar-refractivity contribution < 1.29 is 4.74 Å². The molecule has 0 fully saturated rings. The van der Waals surface area contributed by atoms with E-state index < -0.39 is 0 Å². The van der Waals surface area contributed by atoms with Crippen molar-refractivity contribution in [1.82, 2.24) is 19.9 Å². The minimum absolute atomic E-state index is 0.704. The maximum absolute atomic E-state index is 5.48. The fourth-order valence-electron chi connectivity index (χ4n) is 2.85. The standard InChI is InChI=1S/C19H24N4O/c1-4-24-17-10-8-15(9-11-17)12-13-22(2)14-16-6-5-7-18-19(16)20-21-23(18)3/h5-11H,4,12-14H2,1-3H3. The molecule has 2 aromatic carbocycles. The zero-order valence-electron chi connectivity index (χ0n) is 14.6. The summed E-state index contributed by atoms with van der Waals surface area (Å²) in [5.74, 6) is 0.934. The molecule has 24 heavy (non-hydrogen) atoms. The van der Waals surface area contributed by atoms with Crippen molar-refractivity contribution in [2.24, 2.45) is 7.05 Å². The Morgan fingerprint density at radius 1 is 1.12 bits per heavy atom. The molecule has 0 saturated heterocycles. The molecule has 3 rings (SSSR count). The van der Waals surface area contributed by atoms with Crippen LogP contribution in [-0.4, -0.2) is 40.1 Å². The third kappa shape index (κ3) is 3.74. The van der Waals surface area contributed by atoms with E-state index in [1.54, 1.807) is 0 Å². The molecule has 0 aliphatic carbocycles. The molecular weight excluding hydrogens is 300 g/mol. The molecule has 1 heterocycles. The maximum Gasteiger partial charge on any atom is 0.119 e. The quantitative estimate of drug-likeness (QED) is 0.670. The summed E-state index contributed by atoms with van der Waals surface area (Å²) in [4.78, 5) is 2.32. The van der Waals surface area contributed by atoms with E-state index >= 15 is 0 Å². The molecule has 0 unspecified atom stereocenters. The molecule has 0 bridgehead atoms. The van der Waals surface area contributed by atoms with E-state index in [1.807, 2.05) is 30.8 Å². The first kappa shape index (κ1) is 16.5. The van der Waals surface area contributed by atoms with Crippen molar-refractivity contribution in [3.63, 3.8) is 0 Å². The average Bonchev–Trinajstić information content (AvgIpc) is 2.97. The van der Waals surface area contributed by atoms with E-state index in [2.05, 4.69) is 52.6 Å². The highest BCUT2D eigenvalue weighted by Gasteiger charge is 2.09. The topological polar surface area (TPSA) is 43.2 Å². The van der Waals surface area contributed by atoms with Crippen LogP contribution in [0.3, 0.4) is 0 Å². The van der Waals surface area contributed by atoms with E-state index in [4.69, 9.17) is 4.74 Å². The number of aryl methyl sites for hydroxylation is 1. The zero-order chi connectivity index (χ0) is 16.9. The van der Waals surface area contributed by atoms with Crippen LogP contribution in [0.15, 0.2) is 42.5 Å². The van der Waals surface area contributed by atoms with Crippen molar-refractivity contribution in [3.05, 3.63) is 53.6 Å². The lowest BCUT2D eigenvalue weighted by Crippen LogP contribution is -2.20. The first-order chi connectivity index (χ1) is 11.7. The number of nitrogens with zero attached hydrogens (tertiary/aromatic N) is 4. The highest BCUT2D eigenvalue weighted by atomic mass is 16.5. The van der Waals surface area contributed by atoms with Gasteiger partial charge < -0.3 is 9.64 Å². The highest BCUT2D eigenvalue weighted by Crippen LogP contribution is 2.17. The molecule has 126 valence electrons. The van der Waals surface area contributed by atoms with Gasteiger partial charge >= 0.3 is 0 Å². The second-order valence-electron chi connectivity index (χ2n) is 6.06. The molecule has 0 saturated carbocycles. The lowest BCUT2D eigenvalue weighted by molar-refractivity contribution is 0.331. The third-order valence-corrected chi connectivity index (χ3v) is 4.18. The number of hydrogen-bond acceptors (Lipinski definition) is 4. The fraction of sp³-hybridized carbons (Fsp3) is 0.368. The lowest BCUT2D eigenvalue weighted by Gasteiger charge is -2.17. The monoisotopic (exact) mass is 324 g/mol. The Bertz CT molecular complexity index is 795. The molecule has 3 aromatic rings. The van der Waals surface area contributed by atoms with Crippen LogP contribution in [0.5, 0.6) is 5.75 Å². The third-order valence-electron chi connectivity index (χ3n) is 4.18. The average molecular weight is 324 g/mol. The van der Waals surface area contributed by atoms with Gasteiger partial charge in [-0.15, -0.1) is 5.10 Å². The van der Waals surface area contributed by atoms with Crippen molar-refractivity contribution in [2.45, 2.75) is 19.9 Å². The second kappa shape index (κ2) is 7.45.